The van der Waals surface area contributed by atoms with E-state index in [1.165, 1.54) is 13.8 Å². The van der Waals surface area contributed by atoms with E-state index in [2.05, 4.69) is 11.0 Å². The van der Waals surface area contributed by atoms with E-state index in [1.54, 1.807) is 36.4 Å². The van der Waals surface area contributed by atoms with Gasteiger partial charge in [0.15, 0.2) is 12.2 Å². The number of benzene rings is 2. The normalized spacial score (nSPS) is 29.3. The highest BCUT2D eigenvalue weighted by Gasteiger charge is 2.71. The fourth-order valence-corrected chi connectivity index (χ4v) is 7.14. The van der Waals surface area contributed by atoms with E-state index in [0.29, 0.717) is 24.2 Å². The molecule has 2 aliphatic heterocycles. The first kappa shape index (κ1) is 26.5. The number of carbonyl (C=O) groups excluding carboxylic acids is 3. The molecule has 40 heavy (non-hydrogen) atoms. The van der Waals surface area contributed by atoms with Gasteiger partial charge in [0.2, 0.25) is 6.10 Å². The predicted molar refractivity (Wildman–Crippen MR) is 142 cm³/mol. The third-order valence-electron chi connectivity index (χ3n) is 9.01. The van der Waals surface area contributed by atoms with Crippen LogP contribution in [-0.4, -0.2) is 65.4 Å². The summed E-state index contributed by atoms with van der Waals surface area (Å²) in [5.41, 5.74) is 1.67. The Morgan fingerprint density at radius 1 is 1.10 bits per heavy atom. The largest absolute Gasteiger partial charge is 0.481 e. The topological polar surface area (TPSA) is 112 Å². The van der Waals surface area contributed by atoms with E-state index in [-0.39, 0.29) is 12.5 Å². The van der Waals surface area contributed by atoms with Gasteiger partial charge in [0.1, 0.15) is 11.5 Å². The summed E-state index contributed by atoms with van der Waals surface area (Å²) in [6.45, 7) is 5.31. The zero-order valence-electron chi connectivity index (χ0n) is 23.0. The molecule has 0 aromatic heterocycles. The van der Waals surface area contributed by atoms with Crippen LogP contribution in [0.5, 0.6) is 5.75 Å². The highest BCUT2D eigenvalue weighted by Crippen LogP contribution is 2.64. The standard InChI is InChI=1S/C31H33NO8/c1-17-10-11-21-16-23-31(36)13-12-22(27-30(31,14-15-32(23)4)24(21)25(17)39-27)38-29(35)26(20-8-6-5-7-9-20)40-28(34)18(2)37-19(3)33/h5-12,18,23,26-27,36H,13-16H2,1-4H3/t18-,23+,26-,27-,30-,31+/m0/s1. The summed E-state index contributed by atoms with van der Waals surface area (Å²) in [6.07, 6.45) is 0.0598. The van der Waals surface area contributed by atoms with Crippen molar-refractivity contribution < 1.29 is 38.4 Å². The van der Waals surface area contributed by atoms with Crippen LogP contribution in [0, 0.1) is 6.92 Å². The SMILES string of the molecule is CC(=O)O[C@@H](C)C(=O)O[C@H](C(=O)OC1=CC[C@@]2(O)[C@H]3Cc4ccc(C)c5c4[C@@]2(CCN3C)[C@H]1O5)c1ccccc1. The van der Waals surface area contributed by atoms with E-state index < -0.39 is 47.2 Å². The highest BCUT2D eigenvalue weighted by atomic mass is 16.6. The molecule has 0 radical (unpaired) electrons. The van der Waals surface area contributed by atoms with Crippen LogP contribution in [0.2, 0.25) is 0 Å². The van der Waals surface area contributed by atoms with Crippen molar-refractivity contribution in [2.45, 2.75) is 75.4 Å². The molecule has 1 N–H and O–H groups in total. The van der Waals surface area contributed by atoms with E-state index >= 15 is 0 Å². The van der Waals surface area contributed by atoms with Crippen LogP contribution < -0.4 is 4.74 Å². The van der Waals surface area contributed by atoms with Gasteiger partial charge in [0.05, 0.1) is 11.0 Å². The second-order valence-electron chi connectivity index (χ2n) is 11.3. The molecular weight excluding hydrogens is 514 g/mol. The number of hydrogen-bond acceptors (Lipinski definition) is 9. The third-order valence-corrected chi connectivity index (χ3v) is 9.01. The second-order valence-corrected chi connectivity index (χ2v) is 11.3. The number of likely N-dealkylation sites (tertiary alicyclic amines) is 1. The number of nitrogens with zero attached hydrogens (tertiary/aromatic N) is 1. The Morgan fingerprint density at radius 2 is 1.85 bits per heavy atom. The number of piperidine rings is 1. The first-order valence-electron chi connectivity index (χ1n) is 13.6. The lowest BCUT2D eigenvalue weighted by molar-refractivity contribution is -0.181. The number of carbonyl (C=O) groups is 3. The molecule has 0 saturated carbocycles. The lowest BCUT2D eigenvalue weighted by atomic mass is 9.50. The maximum atomic E-state index is 13.7. The maximum absolute atomic E-state index is 13.7. The number of ether oxygens (including phenoxy) is 4. The first-order chi connectivity index (χ1) is 19.1. The Bertz CT molecular complexity index is 1420. The number of aryl methyl sites for hydroxylation is 1. The van der Waals surface area contributed by atoms with Crippen LogP contribution in [-0.2, 0) is 40.4 Å². The lowest BCUT2D eigenvalue weighted by Crippen LogP contribution is -2.74. The number of likely N-dealkylation sites (N-methyl/N-ethyl adjacent to an activating group) is 1. The Labute approximate surface area is 232 Å². The number of aliphatic hydroxyl groups is 1. The molecule has 2 aromatic carbocycles. The van der Waals surface area contributed by atoms with Gasteiger partial charge in [-0.2, -0.15) is 0 Å². The lowest BCUT2D eigenvalue weighted by Gasteiger charge is -2.61. The smallest absolute Gasteiger partial charge is 0.357 e. The van der Waals surface area contributed by atoms with E-state index in [0.717, 1.165) is 29.0 Å². The van der Waals surface area contributed by atoms with Crippen molar-refractivity contribution in [1.82, 2.24) is 4.90 Å². The molecule has 0 unspecified atom stereocenters. The van der Waals surface area contributed by atoms with Crippen LogP contribution in [0.15, 0.2) is 54.3 Å². The van der Waals surface area contributed by atoms with Gasteiger partial charge in [-0.3, -0.25) is 4.79 Å². The van der Waals surface area contributed by atoms with E-state index in [1.807, 2.05) is 20.0 Å². The summed E-state index contributed by atoms with van der Waals surface area (Å²) in [4.78, 5) is 40.0. The zero-order valence-corrected chi connectivity index (χ0v) is 23.0. The van der Waals surface area contributed by atoms with Crippen molar-refractivity contribution in [3.05, 3.63) is 76.6 Å². The molecule has 6 rings (SSSR count). The van der Waals surface area contributed by atoms with Crippen molar-refractivity contribution in [2.24, 2.45) is 0 Å². The average Bonchev–Trinajstić information content (AvgIpc) is 3.28. The van der Waals surface area contributed by atoms with Gasteiger partial charge < -0.3 is 29.0 Å². The quantitative estimate of drug-likeness (QED) is 0.431. The third kappa shape index (κ3) is 3.78. The minimum atomic E-state index is -1.40. The van der Waals surface area contributed by atoms with Gasteiger partial charge in [-0.15, -0.1) is 0 Å². The zero-order chi connectivity index (χ0) is 28.4. The molecule has 9 heteroatoms. The Morgan fingerprint density at radius 3 is 2.58 bits per heavy atom. The molecule has 210 valence electrons. The maximum Gasteiger partial charge on any atom is 0.357 e. The molecule has 1 saturated heterocycles. The fraction of sp³-hybridized carbons (Fsp3) is 0.452. The van der Waals surface area contributed by atoms with Gasteiger partial charge in [0.25, 0.3) is 0 Å². The van der Waals surface area contributed by atoms with Crippen molar-refractivity contribution in [2.75, 3.05) is 13.6 Å². The minimum absolute atomic E-state index is 0.109. The average molecular weight is 548 g/mol. The molecule has 4 aliphatic rings. The van der Waals surface area contributed by atoms with Gasteiger partial charge in [-0.1, -0.05) is 42.5 Å². The van der Waals surface area contributed by atoms with Crippen molar-refractivity contribution in [1.29, 1.82) is 0 Å². The molecule has 0 amide bonds. The van der Waals surface area contributed by atoms with Gasteiger partial charge in [-0.25, -0.2) is 9.59 Å². The molecule has 2 heterocycles. The molecule has 1 fully saturated rings. The summed E-state index contributed by atoms with van der Waals surface area (Å²) in [6, 6.07) is 12.6. The van der Waals surface area contributed by atoms with Gasteiger partial charge >= 0.3 is 17.9 Å². The molecular formula is C31H33NO8. The van der Waals surface area contributed by atoms with Crippen LogP contribution in [0.25, 0.3) is 0 Å². The summed E-state index contributed by atoms with van der Waals surface area (Å²) in [7, 11) is 2.04. The molecule has 1 spiro atoms. The fourth-order valence-electron chi connectivity index (χ4n) is 7.14. The Hall–Kier alpha value is -3.69. The Kier molecular flexibility index (Phi) is 6.27. The van der Waals surface area contributed by atoms with E-state index in [4.69, 9.17) is 18.9 Å². The van der Waals surface area contributed by atoms with Crippen LogP contribution in [0.3, 0.4) is 0 Å². The monoisotopic (exact) mass is 547 g/mol. The second kappa shape index (κ2) is 9.45. The first-order valence-corrected chi connectivity index (χ1v) is 13.6. The number of rotatable bonds is 6. The van der Waals surface area contributed by atoms with Gasteiger partial charge in [-0.05, 0) is 57.5 Å². The van der Waals surface area contributed by atoms with Crippen LogP contribution in [0.1, 0.15) is 55.0 Å². The van der Waals surface area contributed by atoms with Crippen molar-refractivity contribution in [3.63, 3.8) is 0 Å². The predicted octanol–water partition coefficient (Wildman–Crippen LogP) is 3.05. The number of esters is 3. The molecule has 9 nitrogen and oxygen atoms in total. The summed E-state index contributed by atoms with van der Waals surface area (Å²) < 4.78 is 23.1. The van der Waals surface area contributed by atoms with Crippen LogP contribution in [0.4, 0.5) is 0 Å². The van der Waals surface area contributed by atoms with Crippen LogP contribution >= 0.6 is 0 Å². The van der Waals surface area contributed by atoms with Crippen molar-refractivity contribution >= 4 is 17.9 Å². The molecule has 2 aromatic rings. The summed E-state index contributed by atoms with van der Waals surface area (Å²) >= 11 is 0. The summed E-state index contributed by atoms with van der Waals surface area (Å²) in [5.74, 6) is -1.28. The van der Waals surface area contributed by atoms with Crippen molar-refractivity contribution in [3.8, 4) is 5.75 Å². The molecule has 2 bridgehead atoms. The highest BCUT2D eigenvalue weighted by molar-refractivity contribution is 5.84. The number of hydrogen-bond donors (Lipinski definition) is 1. The van der Waals surface area contributed by atoms with E-state index in [9.17, 15) is 19.5 Å². The van der Waals surface area contributed by atoms with Gasteiger partial charge in [0, 0.05) is 30.5 Å². The minimum Gasteiger partial charge on any atom is -0.481 e. The summed E-state index contributed by atoms with van der Waals surface area (Å²) in [5, 5.41) is 12.3. The molecule has 6 atom stereocenters. The molecule has 2 aliphatic carbocycles. The Balaban J connectivity index is 1.35.